The zero-order chi connectivity index (χ0) is 20.6. The second-order valence-corrected chi connectivity index (χ2v) is 8.46. The molecule has 0 aliphatic carbocycles. The van der Waals surface area contributed by atoms with Crippen molar-refractivity contribution in [3.8, 4) is 22.8 Å². The first kappa shape index (κ1) is 18.8. The van der Waals surface area contributed by atoms with E-state index >= 15 is 0 Å². The van der Waals surface area contributed by atoms with Gasteiger partial charge in [0.2, 0.25) is 5.88 Å². The molecule has 31 heavy (non-hydrogen) atoms. The predicted molar refractivity (Wildman–Crippen MR) is 117 cm³/mol. The number of rotatable bonds is 4. The van der Waals surface area contributed by atoms with Gasteiger partial charge in [0.25, 0.3) is 0 Å². The average Bonchev–Trinajstić information content (AvgIpc) is 3.50. The summed E-state index contributed by atoms with van der Waals surface area (Å²) < 4.78 is 13.1. The van der Waals surface area contributed by atoms with Gasteiger partial charge in [-0.15, -0.1) is 0 Å². The van der Waals surface area contributed by atoms with Gasteiger partial charge >= 0.3 is 0 Å². The van der Waals surface area contributed by atoms with Gasteiger partial charge in [0.05, 0.1) is 24.1 Å². The van der Waals surface area contributed by atoms with Crippen LogP contribution in [0.4, 0.5) is 5.82 Å². The summed E-state index contributed by atoms with van der Waals surface area (Å²) in [5, 5.41) is 8.54. The highest BCUT2D eigenvalue weighted by Gasteiger charge is 2.25. The summed E-state index contributed by atoms with van der Waals surface area (Å²) in [4.78, 5) is 11.4. The van der Waals surface area contributed by atoms with Crippen LogP contribution in [0.1, 0.15) is 24.8 Å². The molecule has 1 N–H and O–H groups in total. The van der Waals surface area contributed by atoms with Crippen LogP contribution in [0.2, 0.25) is 0 Å². The number of fused-ring (bicyclic) bond motifs is 3. The van der Waals surface area contributed by atoms with Crippen molar-refractivity contribution in [2.75, 3.05) is 31.2 Å². The minimum Gasteiger partial charge on any atom is -0.472 e. The first-order chi connectivity index (χ1) is 15.3. The number of pyridine rings is 2. The van der Waals surface area contributed by atoms with Gasteiger partial charge in [-0.3, -0.25) is 0 Å². The van der Waals surface area contributed by atoms with Crippen molar-refractivity contribution >= 4 is 5.82 Å². The SMILES string of the molecule is c1cnc2c(c1)-c1nn(-c3ccc(N4CCC(N[C@@H]5CCOC5)CC4)nc3)cc1CO2. The highest BCUT2D eigenvalue weighted by molar-refractivity contribution is 5.69. The van der Waals surface area contributed by atoms with Crippen LogP contribution in [-0.2, 0) is 11.3 Å². The molecule has 2 saturated heterocycles. The van der Waals surface area contributed by atoms with Crippen molar-refractivity contribution in [1.29, 1.82) is 0 Å². The molecule has 0 amide bonds. The number of piperidine rings is 1. The van der Waals surface area contributed by atoms with E-state index in [0.717, 1.165) is 73.9 Å². The highest BCUT2D eigenvalue weighted by atomic mass is 16.5. The van der Waals surface area contributed by atoms with Gasteiger partial charge in [0.15, 0.2) is 0 Å². The standard InChI is InChI=1S/C23H26N6O2/c1-2-20-22-16(14-31-23(20)24-8-1)13-29(27-22)19-3-4-21(25-12-19)28-9-5-17(6-10-28)26-18-7-11-30-15-18/h1-4,8,12-13,17-18,26H,5-7,9-11,14-15H2/t18-/m1/s1. The van der Waals surface area contributed by atoms with E-state index in [1.807, 2.05) is 29.2 Å². The van der Waals surface area contributed by atoms with Gasteiger partial charge in [-0.05, 0) is 43.5 Å². The molecular formula is C23H26N6O2. The van der Waals surface area contributed by atoms with E-state index in [2.05, 4.69) is 27.3 Å². The Kier molecular flexibility index (Phi) is 4.81. The number of hydrogen-bond donors (Lipinski definition) is 1. The topological polar surface area (TPSA) is 77.3 Å². The molecule has 3 aromatic rings. The Bertz CT molecular complexity index is 1050. The Labute approximate surface area is 181 Å². The number of ether oxygens (including phenoxy) is 2. The fourth-order valence-electron chi connectivity index (χ4n) is 4.68. The molecule has 0 saturated carbocycles. The normalized spacial score (nSPS) is 20.9. The van der Waals surface area contributed by atoms with Crippen LogP contribution < -0.4 is 15.0 Å². The van der Waals surface area contributed by atoms with Gasteiger partial charge in [-0.25, -0.2) is 14.6 Å². The fourth-order valence-corrected chi connectivity index (χ4v) is 4.68. The maximum absolute atomic E-state index is 5.75. The summed E-state index contributed by atoms with van der Waals surface area (Å²) in [6, 6.07) is 9.20. The van der Waals surface area contributed by atoms with E-state index in [-0.39, 0.29) is 0 Å². The molecule has 0 radical (unpaired) electrons. The average molecular weight is 419 g/mol. The molecule has 1 atom stereocenters. The summed E-state index contributed by atoms with van der Waals surface area (Å²) in [7, 11) is 0. The van der Waals surface area contributed by atoms with E-state index in [4.69, 9.17) is 19.6 Å². The summed E-state index contributed by atoms with van der Waals surface area (Å²) in [5.41, 5.74) is 3.88. The van der Waals surface area contributed by atoms with E-state index in [9.17, 15) is 0 Å². The second kappa shape index (κ2) is 7.94. The molecule has 0 unspecified atom stereocenters. The number of aromatic nitrogens is 4. The van der Waals surface area contributed by atoms with Crippen molar-refractivity contribution in [2.24, 2.45) is 0 Å². The molecule has 3 aliphatic heterocycles. The van der Waals surface area contributed by atoms with Crippen LogP contribution >= 0.6 is 0 Å². The van der Waals surface area contributed by atoms with E-state index in [1.54, 1.807) is 6.20 Å². The van der Waals surface area contributed by atoms with Crippen molar-refractivity contribution < 1.29 is 9.47 Å². The Balaban J connectivity index is 1.13. The summed E-state index contributed by atoms with van der Waals surface area (Å²) in [6.45, 7) is 4.28. The molecule has 3 aliphatic rings. The molecular weight excluding hydrogens is 392 g/mol. The van der Waals surface area contributed by atoms with Crippen LogP contribution in [0.15, 0.2) is 42.9 Å². The van der Waals surface area contributed by atoms with Crippen molar-refractivity contribution in [1.82, 2.24) is 25.1 Å². The number of anilines is 1. The van der Waals surface area contributed by atoms with Gasteiger partial charge < -0.3 is 19.7 Å². The zero-order valence-corrected chi connectivity index (χ0v) is 17.4. The molecule has 8 nitrogen and oxygen atoms in total. The van der Waals surface area contributed by atoms with Crippen molar-refractivity contribution in [2.45, 2.75) is 38.0 Å². The molecule has 2 fully saturated rings. The third-order valence-electron chi connectivity index (χ3n) is 6.40. The lowest BCUT2D eigenvalue weighted by Gasteiger charge is -2.34. The lowest BCUT2D eigenvalue weighted by Crippen LogP contribution is -2.46. The molecule has 8 heteroatoms. The molecule has 0 spiro atoms. The Morgan fingerprint density at radius 3 is 2.77 bits per heavy atom. The van der Waals surface area contributed by atoms with Crippen LogP contribution in [0.5, 0.6) is 5.88 Å². The van der Waals surface area contributed by atoms with Gasteiger partial charge in [0.1, 0.15) is 18.1 Å². The lowest BCUT2D eigenvalue weighted by molar-refractivity contribution is 0.186. The van der Waals surface area contributed by atoms with Gasteiger partial charge in [-0.2, -0.15) is 5.10 Å². The van der Waals surface area contributed by atoms with Gasteiger partial charge in [0, 0.05) is 49.7 Å². The first-order valence-electron chi connectivity index (χ1n) is 11.1. The fraction of sp³-hybridized carbons (Fsp3) is 0.435. The van der Waals surface area contributed by atoms with Crippen LogP contribution in [0, 0.1) is 0 Å². The number of hydrogen-bond acceptors (Lipinski definition) is 7. The van der Waals surface area contributed by atoms with E-state index in [0.29, 0.717) is 24.6 Å². The summed E-state index contributed by atoms with van der Waals surface area (Å²) in [5.74, 6) is 1.67. The quantitative estimate of drug-likeness (QED) is 0.698. The van der Waals surface area contributed by atoms with Crippen LogP contribution in [-0.4, -0.2) is 58.1 Å². The molecule has 6 heterocycles. The molecule has 0 aromatic carbocycles. The van der Waals surface area contributed by atoms with Gasteiger partial charge in [-0.1, -0.05) is 0 Å². The molecule has 160 valence electrons. The lowest BCUT2D eigenvalue weighted by atomic mass is 10.0. The second-order valence-electron chi connectivity index (χ2n) is 8.46. The number of nitrogens with one attached hydrogen (secondary N) is 1. The molecule has 6 rings (SSSR count). The monoisotopic (exact) mass is 418 g/mol. The molecule has 3 aromatic heterocycles. The zero-order valence-electron chi connectivity index (χ0n) is 17.4. The van der Waals surface area contributed by atoms with Crippen molar-refractivity contribution in [3.63, 3.8) is 0 Å². The Hall–Kier alpha value is -2.97. The Morgan fingerprint density at radius 2 is 1.97 bits per heavy atom. The van der Waals surface area contributed by atoms with Crippen LogP contribution in [0.25, 0.3) is 16.9 Å². The third kappa shape index (κ3) is 3.66. The maximum atomic E-state index is 5.75. The predicted octanol–water partition coefficient (Wildman–Crippen LogP) is 2.57. The summed E-state index contributed by atoms with van der Waals surface area (Å²) in [6.07, 6.45) is 9.07. The minimum absolute atomic E-state index is 0.487. The third-order valence-corrected chi connectivity index (χ3v) is 6.40. The molecule has 0 bridgehead atoms. The minimum atomic E-state index is 0.487. The highest BCUT2D eigenvalue weighted by Crippen LogP contribution is 2.35. The smallest absolute Gasteiger partial charge is 0.223 e. The van der Waals surface area contributed by atoms with Crippen molar-refractivity contribution in [3.05, 3.63) is 48.4 Å². The Morgan fingerprint density at radius 1 is 1.03 bits per heavy atom. The number of nitrogens with zero attached hydrogens (tertiary/aromatic N) is 5. The largest absolute Gasteiger partial charge is 0.472 e. The summed E-state index contributed by atoms with van der Waals surface area (Å²) >= 11 is 0. The van der Waals surface area contributed by atoms with E-state index < -0.39 is 0 Å². The van der Waals surface area contributed by atoms with E-state index in [1.165, 1.54) is 0 Å². The van der Waals surface area contributed by atoms with Crippen LogP contribution in [0.3, 0.4) is 0 Å². The first-order valence-corrected chi connectivity index (χ1v) is 11.1. The maximum Gasteiger partial charge on any atom is 0.223 e.